The van der Waals surface area contributed by atoms with Gasteiger partial charge in [-0.15, -0.1) is 0 Å². The van der Waals surface area contributed by atoms with Crippen molar-refractivity contribution < 1.29 is 14.7 Å². The Morgan fingerprint density at radius 1 is 1.53 bits per heavy atom. The topological polar surface area (TPSA) is 78.4 Å². The van der Waals surface area contributed by atoms with Gasteiger partial charge in [0.15, 0.2) is 0 Å². The van der Waals surface area contributed by atoms with Crippen molar-refractivity contribution in [1.82, 2.24) is 10.6 Å². The maximum atomic E-state index is 11.8. The smallest absolute Gasteiger partial charge is 0.249 e. The summed E-state index contributed by atoms with van der Waals surface area (Å²) in [4.78, 5) is 23.3. The van der Waals surface area contributed by atoms with Crippen LogP contribution >= 0.6 is 0 Å². The Bertz CT molecular complexity index is 307. The number of hydrogen-bond donors (Lipinski definition) is 3. The van der Waals surface area contributed by atoms with Crippen molar-refractivity contribution in [3.05, 3.63) is 0 Å². The van der Waals surface area contributed by atoms with Gasteiger partial charge in [0.05, 0.1) is 0 Å². The molecule has 19 heavy (non-hydrogen) atoms. The van der Waals surface area contributed by atoms with Crippen LogP contribution in [0.3, 0.4) is 0 Å². The molecule has 1 aliphatic rings. The summed E-state index contributed by atoms with van der Waals surface area (Å²) in [6, 6.07) is 0. The number of carbonyl (C=O) groups is 2. The average Bonchev–Trinajstić information content (AvgIpc) is 2.80. The van der Waals surface area contributed by atoms with E-state index in [1.54, 1.807) is 0 Å². The third-order valence-electron chi connectivity index (χ3n) is 3.82. The van der Waals surface area contributed by atoms with Crippen LogP contribution < -0.4 is 10.6 Å². The van der Waals surface area contributed by atoms with E-state index in [-0.39, 0.29) is 23.7 Å². The van der Waals surface area contributed by atoms with E-state index < -0.39 is 6.10 Å². The van der Waals surface area contributed by atoms with E-state index in [2.05, 4.69) is 17.6 Å². The third-order valence-corrected chi connectivity index (χ3v) is 3.82. The number of amides is 2. The van der Waals surface area contributed by atoms with E-state index in [4.69, 9.17) is 0 Å². The van der Waals surface area contributed by atoms with E-state index >= 15 is 0 Å². The van der Waals surface area contributed by atoms with Gasteiger partial charge in [-0.25, -0.2) is 0 Å². The first-order chi connectivity index (χ1) is 9.10. The molecule has 0 bridgehead atoms. The molecule has 0 spiro atoms. The Morgan fingerprint density at radius 3 is 2.79 bits per heavy atom. The second kappa shape index (κ2) is 8.15. The quantitative estimate of drug-likeness (QED) is 0.571. The summed E-state index contributed by atoms with van der Waals surface area (Å²) in [5, 5.41) is 15.6. The number of aliphatic hydroxyl groups excluding tert-OH is 1. The Balaban J connectivity index is 2.43. The first-order valence-corrected chi connectivity index (χ1v) is 7.33. The van der Waals surface area contributed by atoms with Crippen LogP contribution in [-0.4, -0.2) is 36.1 Å². The lowest BCUT2D eigenvalue weighted by Crippen LogP contribution is -2.40. The molecule has 5 heteroatoms. The number of hydrogen-bond acceptors (Lipinski definition) is 3. The highest BCUT2D eigenvalue weighted by molar-refractivity contribution is 5.82. The van der Waals surface area contributed by atoms with Crippen LogP contribution in [0.2, 0.25) is 0 Å². The molecule has 2 amide bonds. The lowest BCUT2D eigenvalue weighted by molar-refractivity contribution is -0.133. The number of unbranched alkanes of at least 4 members (excludes halogenated alkanes) is 1. The lowest BCUT2D eigenvalue weighted by atomic mass is 9.87. The zero-order valence-electron chi connectivity index (χ0n) is 11.9. The van der Waals surface area contributed by atoms with Gasteiger partial charge in [-0.05, 0) is 25.2 Å². The van der Waals surface area contributed by atoms with E-state index in [1.165, 1.54) is 0 Å². The molecule has 0 radical (unpaired) electrons. The molecule has 3 unspecified atom stereocenters. The molecular weight excluding hydrogens is 244 g/mol. The number of carbonyl (C=O) groups excluding carboxylic acids is 2. The Morgan fingerprint density at radius 2 is 2.26 bits per heavy atom. The van der Waals surface area contributed by atoms with Crippen molar-refractivity contribution in [2.75, 3.05) is 13.1 Å². The minimum Gasteiger partial charge on any atom is -0.383 e. The largest absolute Gasteiger partial charge is 0.383 e. The van der Waals surface area contributed by atoms with E-state index in [1.807, 2.05) is 6.92 Å². The van der Waals surface area contributed by atoms with E-state index in [0.717, 1.165) is 19.3 Å². The minimum atomic E-state index is -1.00. The fourth-order valence-electron chi connectivity index (χ4n) is 2.46. The fourth-order valence-corrected chi connectivity index (χ4v) is 2.46. The zero-order valence-corrected chi connectivity index (χ0v) is 11.9. The third kappa shape index (κ3) is 4.82. The molecule has 3 N–H and O–H groups in total. The van der Waals surface area contributed by atoms with Crippen molar-refractivity contribution in [1.29, 1.82) is 0 Å². The fraction of sp³-hybridized carbons (Fsp3) is 0.857. The van der Waals surface area contributed by atoms with Crippen LogP contribution in [0.4, 0.5) is 0 Å². The Labute approximate surface area is 115 Å². The molecule has 0 aromatic carbocycles. The van der Waals surface area contributed by atoms with Crippen molar-refractivity contribution in [2.45, 2.75) is 52.1 Å². The molecule has 1 fully saturated rings. The zero-order chi connectivity index (χ0) is 14.3. The van der Waals surface area contributed by atoms with Gasteiger partial charge in [-0.2, -0.15) is 0 Å². The Hall–Kier alpha value is -1.10. The molecule has 0 aromatic rings. The molecule has 0 aliphatic carbocycles. The summed E-state index contributed by atoms with van der Waals surface area (Å²) in [6.07, 6.45) is 3.02. The van der Waals surface area contributed by atoms with Crippen LogP contribution in [0.15, 0.2) is 0 Å². The van der Waals surface area contributed by atoms with Gasteiger partial charge in [0, 0.05) is 19.0 Å². The first kappa shape index (κ1) is 16.0. The van der Waals surface area contributed by atoms with Gasteiger partial charge in [0.25, 0.3) is 0 Å². The second-order valence-corrected chi connectivity index (χ2v) is 5.27. The van der Waals surface area contributed by atoms with Crippen LogP contribution in [-0.2, 0) is 9.59 Å². The second-order valence-electron chi connectivity index (χ2n) is 5.27. The monoisotopic (exact) mass is 270 g/mol. The van der Waals surface area contributed by atoms with Crippen LogP contribution in [0.1, 0.15) is 46.0 Å². The molecule has 0 saturated carbocycles. The highest BCUT2D eigenvalue weighted by Crippen LogP contribution is 2.24. The molecule has 3 atom stereocenters. The highest BCUT2D eigenvalue weighted by Gasteiger charge is 2.32. The van der Waals surface area contributed by atoms with E-state index in [9.17, 15) is 14.7 Å². The summed E-state index contributed by atoms with van der Waals surface area (Å²) in [7, 11) is 0. The first-order valence-electron chi connectivity index (χ1n) is 7.33. The normalized spacial score (nSPS) is 21.8. The van der Waals surface area contributed by atoms with Gasteiger partial charge in [-0.3, -0.25) is 9.59 Å². The van der Waals surface area contributed by atoms with E-state index in [0.29, 0.717) is 25.9 Å². The van der Waals surface area contributed by atoms with Crippen molar-refractivity contribution in [3.63, 3.8) is 0 Å². The van der Waals surface area contributed by atoms with Crippen molar-refractivity contribution >= 4 is 11.8 Å². The summed E-state index contributed by atoms with van der Waals surface area (Å²) in [5.41, 5.74) is 0. The van der Waals surface area contributed by atoms with Crippen molar-refractivity contribution in [3.8, 4) is 0 Å². The average molecular weight is 270 g/mol. The van der Waals surface area contributed by atoms with Gasteiger partial charge < -0.3 is 15.7 Å². The molecule has 1 aliphatic heterocycles. The maximum absolute atomic E-state index is 11.8. The van der Waals surface area contributed by atoms with Crippen LogP contribution in [0.25, 0.3) is 0 Å². The SMILES string of the molecule is CCCCNC(=O)C(O)C(CC)CC1CCNC1=O. The van der Waals surface area contributed by atoms with Gasteiger partial charge >= 0.3 is 0 Å². The number of aliphatic hydroxyl groups is 1. The molecule has 110 valence electrons. The number of nitrogens with one attached hydrogen (secondary N) is 2. The molecule has 1 heterocycles. The van der Waals surface area contributed by atoms with Crippen LogP contribution in [0.5, 0.6) is 0 Å². The molecule has 5 nitrogen and oxygen atoms in total. The minimum absolute atomic E-state index is 0.0527. The van der Waals surface area contributed by atoms with Gasteiger partial charge in [0.2, 0.25) is 11.8 Å². The van der Waals surface area contributed by atoms with Gasteiger partial charge in [0.1, 0.15) is 6.10 Å². The Kier molecular flexibility index (Phi) is 6.84. The summed E-state index contributed by atoms with van der Waals surface area (Å²) >= 11 is 0. The highest BCUT2D eigenvalue weighted by atomic mass is 16.3. The lowest BCUT2D eigenvalue weighted by Gasteiger charge is -2.22. The predicted octanol–water partition coefficient (Wildman–Crippen LogP) is 0.816. The predicted molar refractivity (Wildman–Crippen MR) is 73.4 cm³/mol. The molecule has 1 saturated heterocycles. The summed E-state index contributed by atoms with van der Waals surface area (Å²) in [5.74, 6) is -0.450. The standard InChI is InChI=1S/C14H26N2O3/c1-3-5-7-15-14(19)12(17)10(4-2)9-11-6-8-16-13(11)18/h10-12,17H,3-9H2,1-2H3,(H,15,19)(H,16,18). The molecule has 1 rings (SSSR count). The van der Waals surface area contributed by atoms with Crippen molar-refractivity contribution in [2.24, 2.45) is 11.8 Å². The maximum Gasteiger partial charge on any atom is 0.249 e. The summed E-state index contributed by atoms with van der Waals surface area (Å²) < 4.78 is 0. The van der Waals surface area contributed by atoms with Gasteiger partial charge in [-0.1, -0.05) is 26.7 Å². The molecule has 0 aromatic heterocycles. The summed E-state index contributed by atoms with van der Waals surface area (Å²) in [6.45, 7) is 5.31. The molecular formula is C14H26N2O3. The number of rotatable bonds is 8. The van der Waals surface area contributed by atoms with Crippen LogP contribution in [0, 0.1) is 11.8 Å².